The van der Waals surface area contributed by atoms with Crippen molar-refractivity contribution in [1.29, 1.82) is 0 Å². The largest absolute Gasteiger partial charge is 0.493 e. The van der Waals surface area contributed by atoms with Crippen LogP contribution in [0.3, 0.4) is 0 Å². The summed E-state index contributed by atoms with van der Waals surface area (Å²) in [5, 5.41) is 53.4. The zero-order valence-corrected chi connectivity index (χ0v) is 63.8. The smallest absolute Gasteiger partial charge is 0.131 e. The molecule has 0 spiro atoms. The molecule has 0 saturated carbocycles. The Balaban J connectivity index is 1.03. The first-order valence-electron chi connectivity index (χ1n) is 41.9. The third-order valence-electron chi connectivity index (χ3n) is 26.0. The standard InChI is InChI=1S/C102H102O6/c1-5-9-13-17-21-33-57-105-79-61-80(106-58-34-22-18-14-10-6-2)88-72-50-38-54-76-84(72)92-94-86-74(52-40-56-78(86)102(76,104)100-69-47-31-27-43-65(69)66-44-28-32-48-70(66)100)90-82(108-60-36-24-20-16-12-8-4)62-81(107-59-35-23-19-15-11-7-3)89-73-51-39-55-77-85(73)93(98(94)96(89)90)91-83-71(87(79)95(88)97(91)92)49-37-53-75(83)101(77,103)99-67-45-29-25-41-63(67)64-42-26-30-46-68(64)99/h25-32,37-56,61-62,99-100,103-104H,5-24,33-36,57-60H2,1-4H3. The third kappa shape index (κ3) is 10.4. The Morgan fingerprint density at radius 1 is 0.231 bits per heavy atom. The third-order valence-corrected chi connectivity index (χ3v) is 26.0. The van der Waals surface area contributed by atoms with E-state index in [1.807, 2.05) is 0 Å². The van der Waals surface area contributed by atoms with Gasteiger partial charge >= 0.3 is 0 Å². The maximum atomic E-state index is 16.1. The molecule has 0 aromatic heterocycles. The molecule has 0 amide bonds. The first-order valence-corrected chi connectivity index (χ1v) is 41.9. The second-order valence-corrected chi connectivity index (χ2v) is 32.4. The van der Waals surface area contributed by atoms with E-state index in [2.05, 4.69) is 210 Å². The molecule has 19 rings (SSSR count). The van der Waals surface area contributed by atoms with Crippen LogP contribution < -0.4 is 18.9 Å². The van der Waals surface area contributed by atoms with Crippen LogP contribution in [-0.2, 0) is 11.2 Å². The summed E-state index contributed by atoms with van der Waals surface area (Å²) in [6.07, 6.45) is 27.3. The number of benzene rings is 15. The first-order chi connectivity index (χ1) is 53.4. The number of ether oxygens (including phenoxy) is 4. The van der Waals surface area contributed by atoms with Crippen LogP contribution in [0.15, 0.2) is 182 Å². The van der Waals surface area contributed by atoms with Gasteiger partial charge in [-0.2, -0.15) is 0 Å². The molecule has 0 atom stereocenters. The highest BCUT2D eigenvalue weighted by Crippen LogP contribution is 2.68. The molecule has 6 nitrogen and oxygen atoms in total. The summed E-state index contributed by atoms with van der Waals surface area (Å²) in [7, 11) is 0. The van der Waals surface area contributed by atoms with E-state index in [1.54, 1.807) is 0 Å². The number of aliphatic hydroxyl groups is 2. The van der Waals surface area contributed by atoms with Gasteiger partial charge in [-0.25, -0.2) is 0 Å². The summed E-state index contributed by atoms with van der Waals surface area (Å²) in [5.74, 6) is 2.17. The molecule has 0 fully saturated rings. The molecular formula is C102H102O6. The maximum Gasteiger partial charge on any atom is 0.131 e. The van der Waals surface area contributed by atoms with Crippen molar-refractivity contribution in [3.8, 4) is 45.3 Å². The molecule has 0 unspecified atom stereocenters. The molecule has 108 heavy (non-hydrogen) atoms. The van der Waals surface area contributed by atoms with Gasteiger partial charge in [0.2, 0.25) is 0 Å². The highest BCUT2D eigenvalue weighted by atomic mass is 16.5. The Bertz CT molecular complexity index is 5270. The maximum absolute atomic E-state index is 16.1. The molecule has 15 aromatic carbocycles. The van der Waals surface area contributed by atoms with E-state index in [0.29, 0.717) is 26.4 Å². The van der Waals surface area contributed by atoms with Gasteiger partial charge in [-0.15, -0.1) is 0 Å². The van der Waals surface area contributed by atoms with Gasteiger partial charge in [0.25, 0.3) is 0 Å². The lowest BCUT2D eigenvalue weighted by Crippen LogP contribution is -2.35. The molecular weight excluding hydrogens is 1320 g/mol. The second kappa shape index (κ2) is 28.5. The van der Waals surface area contributed by atoms with Crippen molar-refractivity contribution in [1.82, 2.24) is 0 Å². The second-order valence-electron chi connectivity index (χ2n) is 32.4. The van der Waals surface area contributed by atoms with Crippen molar-refractivity contribution in [2.24, 2.45) is 0 Å². The Morgan fingerprint density at radius 2 is 0.444 bits per heavy atom. The summed E-state index contributed by atoms with van der Waals surface area (Å²) in [6, 6.07) is 67.4. The molecule has 4 aliphatic carbocycles. The number of hydrogen-bond donors (Lipinski definition) is 2. The van der Waals surface area contributed by atoms with E-state index in [9.17, 15) is 0 Å². The van der Waals surface area contributed by atoms with Crippen molar-refractivity contribution in [3.05, 3.63) is 226 Å². The van der Waals surface area contributed by atoms with Crippen molar-refractivity contribution < 1.29 is 29.2 Å². The van der Waals surface area contributed by atoms with Gasteiger partial charge in [0.05, 0.1) is 26.4 Å². The minimum absolute atomic E-state index is 0.522. The average Bonchev–Trinajstić information content (AvgIpc) is 1.36. The molecule has 2 N–H and O–H groups in total. The van der Waals surface area contributed by atoms with Crippen LogP contribution in [-0.4, -0.2) is 36.6 Å². The van der Waals surface area contributed by atoms with Crippen LogP contribution in [0.2, 0.25) is 0 Å². The zero-order chi connectivity index (χ0) is 72.8. The van der Waals surface area contributed by atoms with Crippen LogP contribution >= 0.6 is 0 Å². The first kappa shape index (κ1) is 69.0. The van der Waals surface area contributed by atoms with Crippen molar-refractivity contribution >= 4 is 108 Å². The molecule has 0 radical (unpaired) electrons. The van der Waals surface area contributed by atoms with Gasteiger partial charge in [0, 0.05) is 67.1 Å². The quantitative estimate of drug-likeness (QED) is 0.0238. The molecule has 0 saturated heterocycles. The minimum Gasteiger partial charge on any atom is -0.493 e. The molecule has 4 aliphatic rings. The summed E-state index contributed by atoms with van der Waals surface area (Å²) in [4.78, 5) is 0. The number of hydrogen-bond acceptors (Lipinski definition) is 6. The topological polar surface area (TPSA) is 77.4 Å². The predicted molar refractivity (Wildman–Crippen MR) is 453 cm³/mol. The fraction of sp³-hybridized carbons (Fsp3) is 0.353. The van der Waals surface area contributed by atoms with E-state index >= 15 is 10.2 Å². The number of rotatable bonds is 34. The molecule has 6 heteroatoms. The van der Waals surface area contributed by atoms with Crippen LogP contribution in [0.1, 0.15) is 238 Å². The van der Waals surface area contributed by atoms with E-state index in [1.165, 1.54) is 103 Å². The van der Waals surface area contributed by atoms with E-state index in [4.69, 9.17) is 18.9 Å². The highest BCUT2D eigenvalue weighted by molar-refractivity contribution is 6.57. The molecule has 0 heterocycles. The molecule has 546 valence electrons. The van der Waals surface area contributed by atoms with E-state index < -0.39 is 23.0 Å². The lowest BCUT2D eigenvalue weighted by atomic mass is 9.69. The molecule has 0 bridgehead atoms. The minimum atomic E-state index is -1.69. The van der Waals surface area contributed by atoms with Gasteiger partial charge in [0.1, 0.15) is 34.2 Å². The molecule has 15 aromatic rings. The van der Waals surface area contributed by atoms with Crippen molar-refractivity contribution in [3.63, 3.8) is 0 Å². The van der Waals surface area contributed by atoms with Gasteiger partial charge < -0.3 is 29.2 Å². The van der Waals surface area contributed by atoms with Crippen LogP contribution in [0, 0.1) is 0 Å². The Hall–Kier alpha value is -9.46. The lowest BCUT2D eigenvalue weighted by molar-refractivity contribution is 0.0668. The van der Waals surface area contributed by atoms with Crippen molar-refractivity contribution in [2.45, 2.75) is 205 Å². The predicted octanol–water partition coefficient (Wildman–Crippen LogP) is 27.8. The normalized spacial score (nSPS) is 14.6. The fourth-order valence-electron chi connectivity index (χ4n) is 21.3. The summed E-state index contributed by atoms with van der Waals surface area (Å²) < 4.78 is 30.4. The summed E-state index contributed by atoms with van der Waals surface area (Å²) in [6.45, 7) is 11.4. The van der Waals surface area contributed by atoms with E-state index in [-0.39, 0.29) is 0 Å². The SMILES string of the molecule is CCCCCCCCOc1cc(OCCCCCCCC)c2c3cccc4c3c3c5c6c(cccc6c6c(OCCCCCCCC)cc(OCCCCCCCC)c7c8cccc9c8c(c8c%10c(cccc%10c1c2c83)C9(O)C1c2ccccc2-c2ccccc21)c5c76)C4(O)C1c2ccccc2-c2ccccc21. The number of fused-ring (bicyclic) bond motifs is 10. The zero-order valence-electron chi connectivity index (χ0n) is 63.8. The Labute approximate surface area is 636 Å². The highest BCUT2D eigenvalue weighted by Gasteiger charge is 2.53. The molecule has 0 aliphatic heterocycles. The summed E-state index contributed by atoms with van der Waals surface area (Å²) >= 11 is 0. The van der Waals surface area contributed by atoms with Gasteiger partial charge in [-0.05, 0) is 157 Å². The monoisotopic (exact) mass is 1420 g/mol. The van der Waals surface area contributed by atoms with Crippen LogP contribution in [0.5, 0.6) is 23.0 Å². The Morgan fingerprint density at radius 3 is 0.694 bits per heavy atom. The van der Waals surface area contributed by atoms with Gasteiger partial charge in [-0.3, -0.25) is 0 Å². The van der Waals surface area contributed by atoms with Crippen LogP contribution in [0.25, 0.3) is 130 Å². The van der Waals surface area contributed by atoms with Crippen LogP contribution in [0.4, 0.5) is 0 Å². The fourth-order valence-corrected chi connectivity index (χ4v) is 21.3. The van der Waals surface area contributed by atoms with E-state index in [0.717, 1.165) is 249 Å². The number of unbranched alkanes of at least 4 members (excludes halogenated alkanes) is 20. The van der Waals surface area contributed by atoms with Gasteiger partial charge in [-0.1, -0.05) is 326 Å². The lowest BCUT2D eigenvalue weighted by Gasteiger charge is -2.38. The average molecular weight is 1420 g/mol. The summed E-state index contributed by atoms with van der Waals surface area (Å²) in [5.41, 5.74) is 9.10. The Kier molecular flexibility index (Phi) is 18.2. The van der Waals surface area contributed by atoms with Gasteiger partial charge in [0.15, 0.2) is 0 Å². The van der Waals surface area contributed by atoms with Crippen molar-refractivity contribution in [2.75, 3.05) is 26.4 Å².